The SMILES string of the molecule is Cc1c(C(=O)N=c2sccn2Cc2ccccc2Cl)cnn1C. The molecule has 118 valence electrons. The number of hydrogen-bond donors (Lipinski definition) is 0. The average Bonchev–Trinajstić information content (AvgIpc) is 3.09. The zero-order valence-electron chi connectivity index (χ0n) is 12.7. The van der Waals surface area contributed by atoms with E-state index in [0.717, 1.165) is 11.3 Å². The Morgan fingerprint density at radius 1 is 1.39 bits per heavy atom. The van der Waals surface area contributed by atoms with E-state index < -0.39 is 0 Å². The molecular formula is C16H15ClN4OS. The normalized spacial score (nSPS) is 11.9. The first-order valence-electron chi connectivity index (χ1n) is 7.01. The lowest BCUT2D eigenvalue weighted by Crippen LogP contribution is -2.17. The summed E-state index contributed by atoms with van der Waals surface area (Å²) in [5, 5.41) is 6.69. The van der Waals surface area contributed by atoms with E-state index in [0.29, 0.717) is 21.9 Å². The summed E-state index contributed by atoms with van der Waals surface area (Å²) in [6.07, 6.45) is 3.45. The van der Waals surface area contributed by atoms with E-state index in [4.69, 9.17) is 11.6 Å². The minimum absolute atomic E-state index is 0.286. The first kappa shape index (κ1) is 15.7. The van der Waals surface area contributed by atoms with Gasteiger partial charge in [-0.15, -0.1) is 11.3 Å². The minimum atomic E-state index is -0.286. The van der Waals surface area contributed by atoms with Gasteiger partial charge in [-0.3, -0.25) is 9.48 Å². The highest BCUT2D eigenvalue weighted by atomic mass is 35.5. The molecule has 7 heteroatoms. The third-order valence-corrected chi connectivity index (χ3v) is 4.78. The number of halogens is 1. The molecule has 0 radical (unpaired) electrons. The maximum atomic E-state index is 12.4. The number of benzene rings is 1. The van der Waals surface area contributed by atoms with Crippen LogP contribution in [-0.2, 0) is 13.6 Å². The minimum Gasteiger partial charge on any atom is -0.319 e. The summed E-state index contributed by atoms with van der Waals surface area (Å²) in [7, 11) is 1.80. The van der Waals surface area contributed by atoms with E-state index >= 15 is 0 Å². The molecule has 5 nitrogen and oxygen atoms in total. The molecular weight excluding hydrogens is 332 g/mol. The van der Waals surface area contributed by atoms with Crippen molar-refractivity contribution in [1.82, 2.24) is 14.3 Å². The number of carbonyl (C=O) groups excluding carboxylic acids is 1. The average molecular weight is 347 g/mol. The molecule has 3 aromatic rings. The Bertz CT molecular complexity index is 922. The Kier molecular flexibility index (Phi) is 4.45. The molecule has 0 saturated heterocycles. The largest absolute Gasteiger partial charge is 0.319 e. The summed E-state index contributed by atoms with van der Waals surface area (Å²) in [5.74, 6) is -0.286. The van der Waals surface area contributed by atoms with Gasteiger partial charge < -0.3 is 4.57 Å². The van der Waals surface area contributed by atoms with Crippen LogP contribution in [0.3, 0.4) is 0 Å². The smallest absolute Gasteiger partial charge is 0.283 e. The highest BCUT2D eigenvalue weighted by Crippen LogP contribution is 2.15. The first-order chi connectivity index (χ1) is 11.1. The van der Waals surface area contributed by atoms with Crippen LogP contribution in [0.5, 0.6) is 0 Å². The maximum absolute atomic E-state index is 12.4. The third-order valence-electron chi connectivity index (χ3n) is 3.62. The Labute approximate surface area is 142 Å². The van der Waals surface area contributed by atoms with Gasteiger partial charge >= 0.3 is 0 Å². The van der Waals surface area contributed by atoms with Gasteiger partial charge in [-0.2, -0.15) is 10.1 Å². The van der Waals surface area contributed by atoms with Crippen LogP contribution in [-0.4, -0.2) is 20.3 Å². The lowest BCUT2D eigenvalue weighted by molar-refractivity contribution is 0.0997. The van der Waals surface area contributed by atoms with E-state index in [-0.39, 0.29) is 5.91 Å². The molecule has 0 aliphatic carbocycles. The molecule has 0 spiro atoms. The fourth-order valence-corrected chi connectivity index (χ4v) is 3.09. The monoisotopic (exact) mass is 346 g/mol. The van der Waals surface area contributed by atoms with Gasteiger partial charge in [0.05, 0.1) is 18.3 Å². The van der Waals surface area contributed by atoms with Crippen LogP contribution in [0.15, 0.2) is 47.0 Å². The Hall–Kier alpha value is -2.18. The Morgan fingerprint density at radius 2 is 2.17 bits per heavy atom. The molecule has 23 heavy (non-hydrogen) atoms. The van der Waals surface area contributed by atoms with E-state index in [1.54, 1.807) is 17.9 Å². The maximum Gasteiger partial charge on any atom is 0.283 e. The highest BCUT2D eigenvalue weighted by molar-refractivity contribution is 7.07. The van der Waals surface area contributed by atoms with E-state index in [1.165, 1.54) is 11.3 Å². The van der Waals surface area contributed by atoms with Crippen molar-refractivity contribution in [3.8, 4) is 0 Å². The van der Waals surface area contributed by atoms with E-state index in [1.807, 2.05) is 47.3 Å². The first-order valence-corrected chi connectivity index (χ1v) is 8.27. The predicted molar refractivity (Wildman–Crippen MR) is 90.7 cm³/mol. The summed E-state index contributed by atoms with van der Waals surface area (Å²) in [4.78, 5) is 17.2. The molecule has 0 aliphatic rings. The Balaban J connectivity index is 1.93. The molecule has 0 aliphatic heterocycles. The third kappa shape index (κ3) is 3.28. The summed E-state index contributed by atoms with van der Waals surface area (Å²) >= 11 is 7.62. The quantitative estimate of drug-likeness (QED) is 0.732. The van der Waals surface area contributed by atoms with Gasteiger partial charge in [0, 0.05) is 29.3 Å². The van der Waals surface area contributed by atoms with Crippen molar-refractivity contribution >= 4 is 28.8 Å². The molecule has 1 amide bonds. The van der Waals surface area contributed by atoms with Gasteiger partial charge in [0.25, 0.3) is 5.91 Å². The van der Waals surface area contributed by atoms with Crippen molar-refractivity contribution in [1.29, 1.82) is 0 Å². The molecule has 1 aromatic carbocycles. The topological polar surface area (TPSA) is 52.2 Å². The number of aromatic nitrogens is 3. The molecule has 0 saturated carbocycles. The number of aryl methyl sites for hydroxylation is 1. The van der Waals surface area contributed by atoms with Crippen molar-refractivity contribution < 1.29 is 4.79 Å². The molecule has 2 heterocycles. The van der Waals surface area contributed by atoms with Gasteiger partial charge in [0.15, 0.2) is 4.80 Å². The fourth-order valence-electron chi connectivity index (χ4n) is 2.17. The molecule has 3 rings (SSSR count). The second kappa shape index (κ2) is 6.52. The lowest BCUT2D eigenvalue weighted by atomic mass is 10.2. The van der Waals surface area contributed by atoms with E-state index in [9.17, 15) is 4.79 Å². The number of nitrogens with zero attached hydrogens (tertiary/aromatic N) is 4. The van der Waals surface area contributed by atoms with Crippen LogP contribution in [0.2, 0.25) is 5.02 Å². The molecule has 0 N–H and O–H groups in total. The molecule has 2 aromatic heterocycles. The number of thiazole rings is 1. The zero-order chi connectivity index (χ0) is 16.4. The van der Waals surface area contributed by atoms with Gasteiger partial charge in [0.1, 0.15) is 0 Å². The van der Waals surface area contributed by atoms with Crippen LogP contribution in [0.4, 0.5) is 0 Å². The van der Waals surface area contributed by atoms with Crippen LogP contribution >= 0.6 is 22.9 Å². The van der Waals surface area contributed by atoms with Gasteiger partial charge in [-0.1, -0.05) is 29.8 Å². The van der Waals surface area contributed by atoms with Crippen molar-refractivity contribution in [2.45, 2.75) is 13.5 Å². The van der Waals surface area contributed by atoms with Crippen molar-refractivity contribution in [2.75, 3.05) is 0 Å². The van der Waals surface area contributed by atoms with Gasteiger partial charge in [-0.25, -0.2) is 0 Å². The molecule has 0 atom stereocenters. The summed E-state index contributed by atoms with van der Waals surface area (Å²) in [5.41, 5.74) is 2.30. The Morgan fingerprint density at radius 3 is 2.87 bits per heavy atom. The summed E-state index contributed by atoms with van der Waals surface area (Å²) in [6, 6.07) is 7.65. The standard InChI is InChI=1S/C16H15ClN4OS/c1-11-13(9-18-20(11)2)15(22)19-16-21(7-8-23-16)10-12-5-3-4-6-14(12)17/h3-9H,10H2,1-2H3. The lowest BCUT2D eigenvalue weighted by Gasteiger charge is -2.05. The van der Waals surface area contributed by atoms with Crippen molar-refractivity contribution in [3.63, 3.8) is 0 Å². The van der Waals surface area contributed by atoms with E-state index in [2.05, 4.69) is 10.1 Å². The predicted octanol–water partition coefficient (Wildman–Crippen LogP) is 3.03. The summed E-state index contributed by atoms with van der Waals surface area (Å²) in [6.45, 7) is 2.42. The number of carbonyl (C=O) groups is 1. The summed E-state index contributed by atoms with van der Waals surface area (Å²) < 4.78 is 3.57. The number of hydrogen-bond acceptors (Lipinski definition) is 3. The van der Waals surface area contributed by atoms with Crippen LogP contribution < -0.4 is 4.80 Å². The van der Waals surface area contributed by atoms with Gasteiger partial charge in [0.2, 0.25) is 0 Å². The number of amides is 1. The van der Waals surface area contributed by atoms with Crippen molar-refractivity contribution in [2.24, 2.45) is 12.0 Å². The molecule has 0 unspecified atom stereocenters. The van der Waals surface area contributed by atoms with Crippen LogP contribution in [0.25, 0.3) is 0 Å². The highest BCUT2D eigenvalue weighted by Gasteiger charge is 2.12. The van der Waals surface area contributed by atoms with Gasteiger partial charge in [-0.05, 0) is 18.6 Å². The van der Waals surface area contributed by atoms with Crippen molar-refractivity contribution in [3.05, 3.63) is 68.7 Å². The second-order valence-corrected chi connectivity index (χ2v) is 6.37. The fraction of sp³-hybridized carbons (Fsp3) is 0.188. The van der Waals surface area contributed by atoms with Crippen LogP contribution in [0, 0.1) is 6.92 Å². The molecule has 0 bridgehead atoms. The zero-order valence-corrected chi connectivity index (χ0v) is 14.3. The number of rotatable bonds is 3. The molecule has 0 fully saturated rings. The second-order valence-electron chi connectivity index (χ2n) is 5.09. The van der Waals surface area contributed by atoms with Crippen LogP contribution in [0.1, 0.15) is 21.6 Å².